The van der Waals surface area contributed by atoms with Gasteiger partial charge in [0.15, 0.2) is 0 Å². The van der Waals surface area contributed by atoms with Gasteiger partial charge < -0.3 is 0 Å². The van der Waals surface area contributed by atoms with E-state index in [-0.39, 0.29) is 0 Å². The smallest absolute Gasteiger partial charge is 0.0619 e. The molecule has 0 saturated carbocycles. The van der Waals surface area contributed by atoms with Gasteiger partial charge in [-0.3, -0.25) is 0 Å². The van der Waals surface area contributed by atoms with E-state index in [4.69, 9.17) is 0 Å². The molecule has 1 spiro atoms. The van der Waals surface area contributed by atoms with Gasteiger partial charge in [-0.1, -0.05) is 194 Å². The van der Waals surface area contributed by atoms with Crippen LogP contribution in [0, 0.1) is 0 Å². The van der Waals surface area contributed by atoms with Gasteiger partial charge in [-0.15, -0.1) is 0 Å². The summed E-state index contributed by atoms with van der Waals surface area (Å²) in [7, 11) is 0. The van der Waals surface area contributed by atoms with Gasteiger partial charge in [0.1, 0.15) is 0 Å². The van der Waals surface area contributed by atoms with Crippen molar-refractivity contribution >= 4 is 43.1 Å². The zero-order valence-corrected chi connectivity index (χ0v) is 32.1. The number of benzene rings is 11. The predicted octanol–water partition coefficient (Wildman–Crippen LogP) is 15.6. The first-order valence-corrected chi connectivity index (χ1v) is 20.8. The maximum absolute atomic E-state index is 2.55. The quantitative estimate of drug-likeness (QED) is 0.155. The molecule has 3 aliphatic rings. The lowest BCUT2D eigenvalue weighted by atomic mass is 9.68. The first kappa shape index (κ1) is 31.5. The van der Waals surface area contributed by atoms with E-state index in [1.807, 2.05) is 0 Å². The average molecular weight is 743 g/mol. The largest absolute Gasteiger partial charge is 0.0737 e. The van der Waals surface area contributed by atoms with Gasteiger partial charge in [-0.25, -0.2) is 0 Å². The molecule has 0 saturated heterocycles. The molecule has 11 aromatic rings. The van der Waals surface area contributed by atoms with Crippen LogP contribution in [0.1, 0.15) is 22.3 Å². The van der Waals surface area contributed by atoms with Crippen molar-refractivity contribution in [3.8, 4) is 66.8 Å². The summed E-state index contributed by atoms with van der Waals surface area (Å²) in [6, 6.07) is 78.0. The van der Waals surface area contributed by atoms with Crippen molar-refractivity contribution in [1.82, 2.24) is 0 Å². The van der Waals surface area contributed by atoms with Crippen LogP contribution in [0.3, 0.4) is 0 Å². The Bertz CT molecular complexity index is 3600. The van der Waals surface area contributed by atoms with Crippen molar-refractivity contribution in [2.24, 2.45) is 0 Å². The molecule has 0 fully saturated rings. The second-order valence-corrected chi connectivity index (χ2v) is 16.6. The lowest BCUT2D eigenvalue weighted by Gasteiger charge is -2.33. The SMILES string of the molecule is c1cc(-c2cc3c(c4ccccc24)C2(c4ccccc4-c4ccccc42)c2c-3c3ccccc3c3ccccc23)cc(-c2ccc3c4c(cccc24)-c2ccccc2-3)c1. The van der Waals surface area contributed by atoms with E-state index in [9.17, 15) is 0 Å². The summed E-state index contributed by atoms with van der Waals surface area (Å²) in [6.07, 6.45) is 0. The van der Waals surface area contributed by atoms with Crippen LogP contribution in [0.5, 0.6) is 0 Å². The molecule has 0 heterocycles. The molecule has 0 amide bonds. The van der Waals surface area contributed by atoms with E-state index < -0.39 is 5.41 Å². The van der Waals surface area contributed by atoms with Crippen LogP contribution in [0.15, 0.2) is 206 Å². The molecule has 0 heteroatoms. The minimum Gasteiger partial charge on any atom is -0.0619 e. The predicted molar refractivity (Wildman–Crippen MR) is 248 cm³/mol. The normalized spacial score (nSPS) is 13.6. The molecule has 0 aromatic heterocycles. The maximum atomic E-state index is 2.55. The van der Waals surface area contributed by atoms with E-state index in [0.29, 0.717) is 0 Å². The van der Waals surface area contributed by atoms with E-state index in [1.54, 1.807) is 0 Å². The molecule has 0 radical (unpaired) electrons. The first-order chi connectivity index (χ1) is 29.3. The zero-order chi connectivity index (χ0) is 38.4. The molecule has 270 valence electrons. The van der Waals surface area contributed by atoms with Crippen molar-refractivity contribution in [3.05, 3.63) is 229 Å². The van der Waals surface area contributed by atoms with E-state index in [1.165, 1.54) is 132 Å². The molecular formula is C59H34. The summed E-state index contributed by atoms with van der Waals surface area (Å²) >= 11 is 0. The van der Waals surface area contributed by atoms with Crippen LogP contribution < -0.4 is 0 Å². The highest BCUT2D eigenvalue weighted by molar-refractivity contribution is 6.23. The fraction of sp³-hybridized carbons (Fsp3) is 0.0169. The maximum Gasteiger partial charge on any atom is 0.0737 e. The third-order valence-electron chi connectivity index (χ3n) is 14.0. The van der Waals surface area contributed by atoms with Crippen molar-refractivity contribution in [1.29, 1.82) is 0 Å². The Labute approximate surface area is 342 Å². The molecule has 0 nitrogen and oxygen atoms in total. The van der Waals surface area contributed by atoms with Crippen LogP contribution in [-0.2, 0) is 5.41 Å². The molecule has 0 unspecified atom stereocenters. The molecular weight excluding hydrogens is 709 g/mol. The average Bonchev–Trinajstić information content (AvgIpc) is 3.92. The Kier molecular flexibility index (Phi) is 6.05. The molecule has 0 aliphatic heterocycles. The lowest BCUT2D eigenvalue weighted by Crippen LogP contribution is -2.26. The van der Waals surface area contributed by atoms with Gasteiger partial charge in [0.25, 0.3) is 0 Å². The fourth-order valence-electron chi connectivity index (χ4n) is 11.8. The zero-order valence-electron chi connectivity index (χ0n) is 32.1. The van der Waals surface area contributed by atoms with E-state index in [0.717, 1.165) is 0 Å². The Morgan fingerprint density at radius 3 is 1.39 bits per heavy atom. The van der Waals surface area contributed by atoms with Crippen molar-refractivity contribution in [3.63, 3.8) is 0 Å². The highest BCUT2D eigenvalue weighted by Gasteiger charge is 2.54. The highest BCUT2D eigenvalue weighted by atomic mass is 14.5. The Morgan fingerprint density at radius 2 is 0.695 bits per heavy atom. The number of hydrogen-bond donors (Lipinski definition) is 0. The fourth-order valence-corrected chi connectivity index (χ4v) is 11.8. The first-order valence-electron chi connectivity index (χ1n) is 20.8. The number of fused-ring (bicyclic) bond motifs is 20. The van der Waals surface area contributed by atoms with E-state index >= 15 is 0 Å². The van der Waals surface area contributed by atoms with Gasteiger partial charge in [-0.2, -0.15) is 0 Å². The second kappa shape index (κ2) is 11.3. The van der Waals surface area contributed by atoms with Gasteiger partial charge in [0.05, 0.1) is 5.41 Å². The van der Waals surface area contributed by atoms with Crippen molar-refractivity contribution < 1.29 is 0 Å². The number of hydrogen-bond acceptors (Lipinski definition) is 0. The molecule has 0 N–H and O–H groups in total. The van der Waals surface area contributed by atoms with Crippen LogP contribution in [0.4, 0.5) is 0 Å². The molecule has 0 bridgehead atoms. The van der Waals surface area contributed by atoms with Gasteiger partial charge in [0, 0.05) is 0 Å². The van der Waals surface area contributed by atoms with Crippen LogP contribution in [0.25, 0.3) is 110 Å². The molecule has 14 rings (SSSR count). The second-order valence-electron chi connectivity index (χ2n) is 16.6. The topological polar surface area (TPSA) is 0 Å². The minimum absolute atomic E-state index is 0.496. The van der Waals surface area contributed by atoms with Crippen LogP contribution >= 0.6 is 0 Å². The Morgan fingerprint density at radius 1 is 0.237 bits per heavy atom. The number of rotatable bonds is 2. The summed E-state index contributed by atoms with van der Waals surface area (Å²) < 4.78 is 0. The van der Waals surface area contributed by atoms with Crippen LogP contribution in [-0.4, -0.2) is 0 Å². The van der Waals surface area contributed by atoms with Crippen molar-refractivity contribution in [2.75, 3.05) is 0 Å². The third-order valence-corrected chi connectivity index (χ3v) is 14.0. The molecule has 59 heavy (non-hydrogen) atoms. The van der Waals surface area contributed by atoms with Gasteiger partial charge >= 0.3 is 0 Å². The Balaban J connectivity index is 1.10. The molecule has 11 aromatic carbocycles. The van der Waals surface area contributed by atoms with Crippen molar-refractivity contribution in [2.45, 2.75) is 5.41 Å². The van der Waals surface area contributed by atoms with Gasteiger partial charge in [-0.05, 0) is 144 Å². The summed E-state index contributed by atoms with van der Waals surface area (Å²) in [5, 5.41) is 10.5. The standard InChI is InChI=1S/C59H34/c1-2-18-39-38(17-1)46-28-14-27-45-37(31-32-48(39)55(45)46)35-15-13-16-36(33-35)51-34-52-56-47-24-6-3-19-40(47)41-20-4-8-26-50(41)58(56)59(57(52)49-25-7-5-21-42(49)51)53-29-11-9-22-43(53)44-23-10-12-30-54(44)59/h1-34H. The lowest BCUT2D eigenvalue weighted by molar-refractivity contribution is 0.809. The summed E-state index contributed by atoms with van der Waals surface area (Å²) in [6.45, 7) is 0. The summed E-state index contributed by atoms with van der Waals surface area (Å²) in [4.78, 5) is 0. The minimum atomic E-state index is -0.496. The van der Waals surface area contributed by atoms with Gasteiger partial charge in [0.2, 0.25) is 0 Å². The molecule has 3 aliphatic carbocycles. The van der Waals surface area contributed by atoms with Crippen LogP contribution in [0.2, 0.25) is 0 Å². The summed E-state index contributed by atoms with van der Waals surface area (Å²) in [5.74, 6) is 0. The molecule has 0 atom stereocenters. The third kappa shape index (κ3) is 3.85. The Hall–Kier alpha value is -7.54. The van der Waals surface area contributed by atoms with E-state index in [2.05, 4.69) is 206 Å². The monoisotopic (exact) mass is 742 g/mol. The highest BCUT2D eigenvalue weighted by Crippen LogP contribution is 2.67. The summed E-state index contributed by atoms with van der Waals surface area (Å²) in [5.41, 5.74) is 20.7.